The fraction of sp³-hybridized carbons (Fsp3) is 0.241. The van der Waals surface area contributed by atoms with Crippen molar-refractivity contribution in [1.29, 1.82) is 5.26 Å². The Labute approximate surface area is 211 Å². The third-order valence-corrected chi connectivity index (χ3v) is 5.96. The molecule has 0 radical (unpaired) electrons. The summed E-state index contributed by atoms with van der Waals surface area (Å²) in [6.45, 7) is 10.6. The van der Waals surface area contributed by atoms with Crippen LogP contribution in [-0.2, 0) is 0 Å². The van der Waals surface area contributed by atoms with Crippen LogP contribution in [0.3, 0.4) is 0 Å². The zero-order valence-corrected chi connectivity index (χ0v) is 21.2. The molecular weight excluding hydrogens is 446 g/mol. The van der Waals surface area contributed by atoms with Crippen molar-refractivity contribution in [3.05, 3.63) is 84.7 Å². The van der Waals surface area contributed by atoms with Crippen LogP contribution >= 0.6 is 0 Å². The van der Waals surface area contributed by atoms with Crippen LogP contribution in [0.25, 0.3) is 33.5 Å². The second-order valence-corrected chi connectivity index (χ2v) is 10.2. The number of hydrogen-bond donors (Lipinski definition) is 1. The van der Waals surface area contributed by atoms with Gasteiger partial charge in [0.1, 0.15) is 6.07 Å². The molecule has 5 aromatic rings. The van der Waals surface area contributed by atoms with E-state index in [2.05, 4.69) is 68.1 Å². The smallest absolute Gasteiger partial charge is 0.101 e. The lowest BCUT2D eigenvalue weighted by molar-refractivity contribution is 0.633. The number of hydrogen-bond acceptors (Lipinski definition) is 5. The highest BCUT2D eigenvalue weighted by atomic mass is 15.3. The maximum atomic E-state index is 9.65. The van der Waals surface area contributed by atoms with Crippen LogP contribution in [0.4, 0.5) is 5.69 Å². The maximum Gasteiger partial charge on any atom is 0.101 e. The quantitative estimate of drug-likeness (QED) is 0.314. The third-order valence-electron chi connectivity index (χ3n) is 5.96. The van der Waals surface area contributed by atoms with E-state index in [4.69, 9.17) is 5.10 Å². The van der Waals surface area contributed by atoms with E-state index in [-0.39, 0.29) is 11.5 Å². The van der Waals surface area contributed by atoms with Crippen LogP contribution in [-0.4, -0.2) is 29.9 Å². The highest BCUT2D eigenvalue weighted by molar-refractivity contribution is 5.92. The number of fused-ring (bicyclic) bond motifs is 1. The molecule has 7 nitrogen and oxygen atoms in total. The number of anilines is 1. The summed E-state index contributed by atoms with van der Waals surface area (Å²) >= 11 is 0. The molecule has 0 spiro atoms. The van der Waals surface area contributed by atoms with Crippen molar-refractivity contribution in [3.8, 4) is 28.7 Å². The first-order valence-corrected chi connectivity index (χ1v) is 12.0. The molecule has 0 saturated heterocycles. The summed E-state index contributed by atoms with van der Waals surface area (Å²) in [5.41, 5.74) is 6.98. The van der Waals surface area contributed by atoms with Crippen molar-refractivity contribution in [2.24, 2.45) is 0 Å². The molecule has 0 fully saturated rings. The molecule has 3 aromatic heterocycles. The second kappa shape index (κ2) is 8.97. The molecule has 0 amide bonds. The normalized spacial score (nSPS) is 11.7. The van der Waals surface area contributed by atoms with Crippen LogP contribution in [0, 0.1) is 11.3 Å². The van der Waals surface area contributed by atoms with Gasteiger partial charge in [-0.05, 0) is 69.2 Å². The Kier molecular flexibility index (Phi) is 5.81. The van der Waals surface area contributed by atoms with E-state index >= 15 is 0 Å². The molecule has 0 bridgehead atoms. The zero-order valence-electron chi connectivity index (χ0n) is 21.2. The third kappa shape index (κ3) is 4.34. The summed E-state index contributed by atoms with van der Waals surface area (Å²) in [6, 6.07) is 18.3. The van der Waals surface area contributed by atoms with Gasteiger partial charge in [0.25, 0.3) is 0 Å². The van der Waals surface area contributed by atoms with Crippen LogP contribution in [0.2, 0.25) is 0 Å². The number of nitriles is 1. The van der Waals surface area contributed by atoms with Crippen molar-refractivity contribution >= 4 is 16.6 Å². The molecule has 0 unspecified atom stereocenters. The average molecular weight is 476 g/mol. The number of rotatable bonds is 5. The Morgan fingerprint density at radius 1 is 1.06 bits per heavy atom. The molecule has 0 aliphatic carbocycles. The molecule has 1 N–H and O–H groups in total. The van der Waals surface area contributed by atoms with Gasteiger partial charge in [-0.15, -0.1) is 0 Å². The summed E-state index contributed by atoms with van der Waals surface area (Å²) in [6.07, 6.45) is 7.45. The first-order valence-electron chi connectivity index (χ1n) is 12.0. The second-order valence-electron chi connectivity index (χ2n) is 10.2. The molecule has 0 aliphatic rings. The topological polar surface area (TPSA) is 84.4 Å². The summed E-state index contributed by atoms with van der Waals surface area (Å²) in [5.74, 6) is 0.210. The van der Waals surface area contributed by atoms with Gasteiger partial charge in [0.05, 0.1) is 45.9 Å². The molecule has 7 heteroatoms. The van der Waals surface area contributed by atoms with Crippen molar-refractivity contribution in [3.63, 3.8) is 0 Å². The highest BCUT2D eigenvalue weighted by Crippen LogP contribution is 2.34. The predicted molar refractivity (Wildman–Crippen MR) is 144 cm³/mol. The van der Waals surface area contributed by atoms with Crippen LogP contribution in [0.5, 0.6) is 0 Å². The van der Waals surface area contributed by atoms with Crippen molar-refractivity contribution in [1.82, 2.24) is 24.3 Å². The van der Waals surface area contributed by atoms with E-state index in [0.717, 1.165) is 44.9 Å². The van der Waals surface area contributed by atoms with Crippen LogP contribution in [0.15, 0.2) is 73.4 Å². The summed E-state index contributed by atoms with van der Waals surface area (Å²) < 4.78 is 4.02. The van der Waals surface area contributed by atoms with Crippen molar-refractivity contribution < 1.29 is 0 Å². The van der Waals surface area contributed by atoms with Gasteiger partial charge < -0.3 is 9.88 Å². The number of benzene rings is 2. The lowest BCUT2D eigenvalue weighted by Gasteiger charge is -2.23. The number of imidazole rings is 1. The van der Waals surface area contributed by atoms with E-state index in [1.165, 1.54) is 0 Å². The van der Waals surface area contributed by atoms with Gasteiger partial charge in [-0.25, -0.2) is 9.67 Å². The van der Waals surface area contributed by atoms with E-state index in [1.54, 1.807) is 6.20 Å². The Bertz CT molecular complexity index is 1580. The maximum absolute atomic E-state index is 9.65. The van der Waals surface area contributed by atoms with E-state index in [1.807, 2.05) is 64.4 Å². The fourth-order valence-corrected chi connectivity index (χ4v) is 4.38. The van der Waals surface area contributed by atoms with Crippen LogP contribution in [0.1, 0.15) is 51.8 Å². The monoisotopic (exact) mass is 475 g/mol. The van der Waals surface area contributed by atoms with E-state index < -0.39 is 0 Å². The number of nitrogens with one attached hydrogen (secondary N) is 1. The van der Waals surface area contributed by atoms with Gasteiger partial charge in [-0.1, -0.05) is 19.9 Å². The number of nitrogens with zero attached hydrogens (tertiary/aromatic N) is 6. The molecular formula is C29H29N7. The molecule has 36 heavy (non-hydrogen) atoms. The first-order chi connectivity index (χ1) is 17.2. The van der Waals surface area contributed by atoms with E-state index in [9.17, 15) is 5.26 Å². The number of pyridine rings is 1. The fourth-order valence-electron chi connectivity index (χ4n) is 4.38. The Hall–Kier alpha value is -4.44. The Morgan fingerprint density at radius 3 is 2.58 bits per heavy atom. The lowest BCUT2D eigenvalue weighted by atomic mass is 10.0. The van der Waals surface area contributed by atoms with Gasteiger partial charge in [-0.2, -0.15) is 10.4 Å². The standard InChI is InChI=1S/C29H29N7/c1-19(2)28-27-25(35-17-24(32-18-35)21-8-7-13-31-16-21)9-6-10-26(27)36(34-28)22-12-11-20(15-30)23(14-22)33-29(3,4)5/h6-14,16-19,33H,1-5H3. The van der Waals surface area contributed by atoms with Gasteiger partial charge in [0.15, 0.2) is 0 Å². The van der Waals surface area contributed by atoms with Crippen LogP contribution < -0.4 is 5.32 Å². The minimum Gasteiger partial charge on any atom is -0.379 e. The molecule has 0 saturated carbocycles. The van der Waals surface area contributed by atoms with Gasteiger partial charge in [0, 0.05) is 35.1 Å². The van der Waals surface area contributed by atoms with Gasteiger partial charge in [0.2, 0.25) is 0 Å². The van der Waals surface area contributed by atoms with Gasteiger partial charge in [-0.3, -0.25) is 4.98 Å². The average Bonchev–Trinajstić information content (AvgIpc) is 3.49. The Morgan fingerprint density at radius 2 is 1.89 bits per heavy atom. The summed E-state index contributed by atoms with van der Waals surface area (Å²) in [5, 5.41) is 19.3. The molecule has 0 atom stereocenters. The number of aromatic nitrogens is 5. The zero-order chi connectivity index (χ0) is 25.4. The molecule has 5 rings (SSSR count). The van der Waals surface area contributed by atoms with E-state index in [0.29, 0.717) is 5.56 Å². The van der Waals surface area contributed by atoms with Gasteiger partial charge >= 0.3 is 0 Å². The van der Waals surface area contributed by atoms with Crippen molar-refractivity contribution in [2.45, 2.75) is 46.1 Å². The predicted octanol–water partition coefficient (Wildman–Crippen LogP) is 6.48. The highest BCUT2D eigenvalue weighted by Gasteiger charge is 2.20. The Balaban J connectivity index is 1.68. The largest absolute Gasteiger partial charge is 0.379 e. The molecule has 0 aliphatic heterocycles. The first kappa shape index (κ1) is 23.3. The lowest BCUT2D eigenvalue weighted by Crippen LogP contribution is -2.26. The summed E-state index contributed by atoms with van der Waals surface area (Å²) in [4.78, 5) is 8.85. The minimum atomic E-state index is -0.180. The molecule has 3 heterocycles. The minimum absolute atomic E-state index is 0.180. The summed E-state index contributed by atoms with van der Waals surface area (Å²) in [7, 11) is 0. The molecule has 180 valence electrons. The van der Waals surface area contributed by atoms with Crippen molar-refractivity contribution in [2.75, 3.05) is 5.32 Å². The molecule has 2 aromatic carbocycles. The SMILES string of the molecule is CC(C)c1nn(-c2ccc(C#N)c(NC(C)(C)C)c2)c2cccc(-n3cnc(-c4cccnc4)c3)c12.